The van der Waals surface area contributed by atoms with E-state index in [0.29, 0.717) is 12.2 Å². The molecule has 1 atom stereocenters. The molecule has 0 aliphatic carbocycles. The van der Waals surface area contributed by atoms with Gasteiger partial charge >= 0.3 is 0 Å². The summed E-state index contributed by atoms with van der Waals surface area (Å²) in [4.78, 5) is 0. The fourth-order valence-electron chi connectivity index (χ4n) is 0.927. The number of hydrogen-bond donors (Lipinski definition) is 2. The Morgan fingerprint density at radius 2 is 2.07 bits per heavy atom. The smallest absolute Gasteiger partial charge is 0.174 e. The second kappa shape index (κ2) is 5.49. The largest absolute Gasteiger partial charge is 0.391 e. The molecule has 0 radical (unpaired) electrons. The molecule has 15 heavy (non-hydrogen) atoms. The van der Waals surface area contributed by atoms with E-state index in [2.05, 4.69) is 15.5 Å². The molecule has 0 aliphatic heterocycles. The summed E-state index contributed by atoms with van der Waals surface area (Å²) in [5.74, 6) is 0.182. The van der Waals surface area contributed by atoms with Crippen molar-refractivity contribution in [1.29, 1.82) is 0 Å². The van der Waals surface area contributed by atoms with E-state index < -0.39 is 6.10 Å². The van der Waals surface area contributed by atoms with Gasteiger partial charge in [0.2, 0.25) is 0 Å². The molecule has 0 bridgehead atoms. The predicted octanol–water partition coefficient (Wildman–Crippen LogP) is 2.21. The van der Waals surface area contributed by atoms with Gasteiger partial charge in [-0.2, -0.15) is 0 Å². The molecular formula is C9H13Cl2N3O. The fraction of sp³-hybridized carbons (Fsp3) is 0.556. The van der Waals surface area contributed by atoms with Crippen LogP contribution in [0.3, 0.4) is 0 Å². The molecule has 1 aromatic rings. The maximum absolute atomic E-state index is 9.57. The highest BCUT2D eigenvalue weighted by Crippen LogP contribution is 2.20. The highest BCUT2D eigenvalue weighted by atomic mass is 35.5. The van der Waals surface area contributed by atoms with E-state index in [4.69, 9.17) is 23.2 Å². The van der Waals surface area contributed by atoms with Gasteiger partial charge in [-0.3, -0.25) is 0 Å². The first-order valence-electron chi connectivity index (χ1n) is 4.61. The topological polar surface area (TPSA) is 58.0 Å². The van der Waals surface area contributed by atoms with Crippen LogP contribution in [-0.2, 0) is 0 Å². The average Bonchev–Trinajstić information content (AvgIpc) is 2.18. The Balaban J connectivity index is 2.61. The molecule has 6 heteroatoms. The molecule has 0 aromatic carbocycles. The third-order valence-electron chi connectivity index (χ3n) is 1.99. The number of aromatic nitrogens is 2. The van der Waals surface area contributed by atoms with Crippen LogP contribution in [0.2, 0.25) is 10.3 Å². The molecule has 0 aliphatic rings. The minimum absolute atomic E-state index is 0.182. The monoisotopic (exact) mass is 249 g/mol. The van der Waals surface area contributed by atoms with Crippen molar-refractivity contribution in [3.8, 4) is 0 Å². The molecule has 4 nitrogen and oxygen atoms in total. The molecule has 1 unspecified atom stereocenters. The molecule has 0 saturated heterocycles. The van der Waals surface area contributed by atoms with Gasteiger partial charge < -0.3 is 10.4 Å². The minimum Gasteiger partial charge on any atom is -0.391 e. The van der Waals surface area contributed by atoms with Gasteiger partial charge in [0.25, 0.3) is 0 Å². The van der Waals surface area contributed by atoms with Crippen LogP contribution >= 0.6 is 23.2 Å². The first kappa shape index (κ1) is 12.5. The molecule has 2 N–H and O–H groups in total. The zero-order valence-electron chi connectivity index (χ0n) is 8.54. The summed E-state index contributed by atoms with van der Waals surface area (Å²) < 4.78 is 0. The van der Waals surface area contributed by atoms with E-state index in [1.165, 1.54) is 0 Å². The normalized spacial score (nSPS) is 12.9. The summed E-state index contributed by atoms with van der Waals surface area (Å²) in [6.45, 7) is 4.27. The van der Waals surface area contributed by atoms with Crippen molar-refractivity contribution in [3.05, 3.63) is 16.4 Å². The van der Waals surface area contributed by atoms with Gasteiger partial charge in [-0.15, -0.1) is 10.2 Å². The summed E-state index contributed by atoms with van der Waals surface area (Å²) in [6.07, 6.45) is -0.437. The van der Waals surface area contributed by atoms with Crippen molar-refractivity contribution in [2.45, 2.75) is 20.0 Å². The molecule has 1 aromatic heterocycles. The van der Waals surface area contributed by atoms with Gasteiger partial charge in [0.1, 0.15) is 0 Å². The van der Waals surface area contributed by atoms with E-state index in [1.54, 1.807) is 6.07 Å². The third kappa shape index (κ3) is 3.81. The van der Waals surface area contributed by atoms with Crippen molar-refractivity contribution in [1.82, 2.24) is 10.2 Å². The number of nitrogens with one attached hydrogen (secondary N) is 1. The summed E-state index contributed by atoms with van der Waals surface area (Å²) in [6, 6.07) is 1.57. The van der Waals surface area contributed by atoms with Crippen LogP contribution in [0.25, 0.3) is 0 Å². The lowest BCUT2D eigenvalue weighted by Crippen LogP contribution is -2.24. The van der Waals surface area contributed by atoms with Crippen LogP contribution < -0.4 is 5.32 Å². The maximum atomic E-state index is 9.57. The highest BCUT2D eigenvalue weighted by Gasteiger charge is 2.10. The number of hydrogen-bond acceptors (Lipinski definition) is 4. The van der Waals surface area contributed by atoms with Crippen LogP contribution in [0.15, 0.2) is 6.07 Å². The van der Waals surface area contributed by atoms with Crippen LogP contribution in [0.5, 0.6) is 0 Å². The number of halogens is 2. The van der Waals surface area contributed by atoms with Gasteiger partial charge in [-0.1, -0.05) is 37.0 Å². The first-order chi connectivity index (χ1) is 7.00. The second-order valence-corrected chi connectivity index (χ2v) is 4.31. The molecule has 0 amide bonds. The molecule has 0 saturated carbocycles. The number of rotatable bonds is 4. The van der Waals surface area contributed by atoms with Gasteiger partial charge in [0, 0.05) is 12.6 Å². The SMILES string of the molecule is CC(C)C(O)CNc1cc(Cl)nnc1Cl. The van der Waals surface area contributed by atoms with Crippen LogP contribution in [-0.4, -0.2) is 28.0 Å². The lowest BCUT2D eigenvalue weighted by atomic mass is 10.1. The predicted molar refractivity (Wildman–Crippen MR) is 61.4 cm³/mol. The summed E-state index contributed by atoms with van der Waals surface area (Å²) in [5.41, 5.74) is 0.580. The quantitative estimate of drug-likeness (QED) is 0.860. The van der Waals surface area contributed by atoms with Crippen molar-refractivity contribution >= 4 is 28.9 Å². The lowest BCUT2D eigenvalue weighted by molar-refractivity contribution is 0.138. The van der Waals surface area contributed by atoms with Crippen molar-refractivity contribution in [2.24, 2.45) is 5.92 Å². The van der Waals surface area contributed by atoms with E-state index in [1.807, 2.05) is 13.8 Å². The summed E-state index contributed by atoms with van der Waals surface area (Å²) >= 11 is 11.4. The highest BCUT2D eigenvalue weighted by molar-refractivity contribution is 6.33. The van der Waals surface area contributed by atoms with E-state index in [0.717, 1.165) is 0 Å². The first-order valence-corrected chi connectivity index (χ1v) is 5.37. The van der Waals surface area contributed by atoms with Gasteiger partial charge in [0.05, 0.1) is 11.8 Å². The molecular weight excluding hydrogens is 237 g/mol. The number of anilines is 1. The Hall–Kier alpha value is -0.580. The van der Waals surface area contributed by atoms with Crippen molar-refractivity contribution < 1.29 is 5.11 Å². The third-order valence-corrected chi connectivity index (χ3v) is 2.45. The standard InChI is InChI=1S/C9H13Cl2N3O/c1-5(2)7(15)4-12-6-3-8(10)13-14-9(6)11/h3,5,7,15H,4H2,1-2H3,(H,12,13). The summed E-state index contributed by atoms with van der Waals surface area (Å²) in [7, 11) is 0. The molecule has 0 spiro atoms. The van der Waals surface area contributed by atoms with Crippen LogP contribution in [0, 0.1) is 5.92 Å². The number of aliphatic hydroxyl groups is 1. The van der Waals surface area contributed by atoms with Gasteiger partial charge in [-0.25, -0.2) is 0 Å². The van der Waals surface area contributed by atoms with Crippen LogP contribution in [0.4, 0.5) is 5.69 Å². The molecule has 0 fully saturated rings. The number of aliphatic hydroxyl groups excluding tert-OH is 1. The van der Waals surface area contributed by atoms with E-state index in [-0.39, 0.29) is 16.2 Å². The average molecular weight is 250 g/mol. The lowest BCUT2D eigenvalue weighted by Gasteiger charge is -2.16. The van der Waals surface area contributed by atoms with Gasteiger partial charge in [-0.05, 0) is 5.92 Å². The minimum atomic E-state index is -0.437. The van der Waals surface area contributed by atoms with Gasteiger partial charge in [0.15, 0.2) is 10.3 Å². The Kier molecular flexibility index (Phi) is 4.57. The van der Waals surface area contributed by atoms with Crippen LogP contribution in [0.1, 0.15) is 13.8 Å². The van der Waals surface area contributed by atoms with E-state index >= 15 is 0 Å². The Labute approximate surface area is 98.6 Å². The zero-order valence-corrected chi connectivity index (χ0v) is 10.0. The Morgan fingerprint density at radius 1 is 1.40 bits per heavy atom. The summed E-state index contributed by atoms with van der Waals surface area (Å²) in [5, 5.41) is 20.3. The van der Waals surface area contributed by atoms with Crippen molar-refractivity contribution in [2.75, 3.05) is 11.9 Å². The molecule has 1 rings (SSSR count). The maximum Gasteiger partial charge on any atom is 0.174 e. The fourth-order valence-corrected chi connectivity index (χ4v) is 1.23. The number of nitrogens with zero attached hydrogens (tertiary/aromatic N) is 2. The molecule has 1 heterocycles. The Bertz CT molecular complexity index is 333. The van der Waals surface area contributed by atoms with Crippen molar-refractivity contribution in [3.63, 3.8) is 0 Å². The zero-order chi connectivity index (χ0) is 11.4. The molecule has 84 valence electrons. The second-order valence-electron chi connectivity index (χ2n) is 3.56. The van der Waals surface area contributed by atoms with E-state index in [9.17, 15) is 5.11 Å². The Morgan fingerprint density at radius 3 is 2.67 bits per heavy atom.